The van der Waals surface area contributed by atoms with Crippen LogP contribution in [0.25, 0.3) is 0 Å². The van der Waals surface area contributed by atoms with Crippen LogP contribution in [-0.4, -0.2) is 50.0 Å². The molecule has 1 N–H and O–H groups in total. The molecule has 3 aromatic carbocycles. The number of ether oxygens (including phenoxy) is 1. The van der Waals surface area contributed by atoms with Gasteiger partial charge in [0.05, 0.1) is 12.1 Å². The second-order valence-corrected chi connectivity index (χ2v) is 8.59. The van der Waals surface area contributed by atoms with Crippen molar-refractivity contribution in [2.24, 2.45) is 0 Å². The third kappa shape index (κ3) is 5.34. The Balaban J connectivity index is 1.32. The van der Waals surface area contributed by atoms with Gasteiger partial charge in [-0.3, -0.25) is 9.59 Å². The van der Waals surface area contributed by atoms with E-state index in [4.69, 9.17) is 16.3 Å². The highest BCUT2D eigenvalue weighted by atomic mass is 35.5. The SMILES string of the molecule is CCc1ccc(C(=O)N2CCN(c3ccc(NC(=O)c4ccc(OC)c(Cl)c4)cc3)CC2)cc1. The van der Waals surface area contributed by atoms with Crippen molar-refractivity contribution in [1.82, 2.24) is 4.90 Å². The van der Waals surface area contributed by atoms with E-state index >= 15 is 0 Å². The molecule has 1 aliphatic rings. The summed E-state index contributed by atoms with van der Waals surface area (Å²) in [6.07, 6.45) is 0.964. The minimum Gasteiger partial charge on any atom is -0.495 e. The van der Waals surface area contributed by atoms with Gasteiger partial charge in [-0.15, -0.1) is 0 Å². The summed E-state index contributed by atoms with van der Waals surface area (Å²) < 4.78 is 5.13. The van der Waals surface area contributed by atoms with Crippen molar-refractivity contribution in [3.63, 3.8) is 0 Å². The fourth-order valence-electron chi connectivity index (χ4n) is 4.00. The number of benzene rings is 3. The number of nitrogens with zero attached hydrogens (tertiary/aromatic N) is 2. The Morgan fingerprint density at radius 3 is 2.15 bits per heavy atom. The lowest BCUT2D eigenvalue weighted by molar-refractivity contribution is 0.0746. The van der Waals surface area contributed by atoms with Crippen molar-refractivity contribution < 1.29 is 14.3 Å². The standard InChI is InChI=1S/C27H28ClN3O3/c1-3-19-4-6-20(7-5-19)27(33)31-16-14-30(15-17-31)23-11-9-22(10-12-23)29-26(32)21-8-13-25(34-2)24(28)18-21/h4-13,18H,3,14-17H2,1-2H3,(H,29,32). The van der Waals surface area contributed by atoms with E-state index in [0.29, 0.717) is 35.1 Å². The van der Waals surface area contributed by atoms with Gasteiger partial charge in [0.15, 0.2) is 0 Å². The number of methoxy groups -OCH3 is 1. The van der Waals surface area contributed by atoms with Gasteiger partial charge in [0.25, 0.3) is 11.8 Å². The molecule has 1 saturated heterocycles. The number of hydrogen-bond donors (Lipinski definition) is 1. The van der Waals surface area contributed by atoms with E-state index < -0.39 is 0 Å². The second kappa shape index (κ2) is 10.6. The van der Waals surface area contributed by atoms with Crippen molar-refractivity contribution in [3.05, 3.63) is 88.4 Å². The smallest absolute Gasteiger partial charge is 0.255 e. The molecule has 176 valence electrons. The van der Waals surface area contributed by atoms with Crippen molar-refractivity contribution in [2.45, 2.75) is 13.3 Å². The summed E-state index contributed by atoms with van der Waals surface area (Å²) >= 11 is 6.13. The second-order valence-electron chi connectivity index (χ2n) is 8.18. The Morgan fingerprint density at radius 1 is 0.912 bits per heavy atom. The first-order valence-electron chi connectivity index (χ1n) is 11.4. The van der Waals surface area contributed by atoms with Gasteiger partial charge in [-0.1, -0.05) is 30.7 Å². The molecular weight excluding hydrogens is 450 g/mol. The maximum absolute atomic E-state index is 12.8. The minimum absolute atomic E-state index is 0.0824. The summed E-state index contributed by atoms with van der Waals surface area (Å²) in [5.74, 6) is 0.370. The summed E-state index contributed by atoms with van der Waals surface area (Å²) in [5.41, 5.74) is 4.19. The van der Waals surface area contributed by atoms with Crippen LogP contribution in [0.2, 0.25) is 5.02 Å². The highest BCUT2D eigenvalue weighted by Gasteiger charge is 2.22. The Kier molecular flexibility index (Phi) is 7.38. The van der Waals surface area contributed by atoms with E-state index in [-0.39, 0.29) is 11.8 Å². The zero-order chi connectivity index (χ0) is 24.1. The summed E-state index contributed by atoms with van der Waals surface area (Å²) in [4.78, 5) is 29.5. The van der Waals surface area contributed by atoms with Gasteiger partial charge in [0.2, 0.25) is 0 Å². The van der Waals surface area contributed by atoms with Crippen LogP contribution in [0.15, 0.2) is 66.7 Å². The molecule has 2 amide bonds. The first-order valence-corrected chi connectivity index (χ1v) is 11.7. The number of aryl methyl sites for hydroxylation is 1. The zero-order valence-electron chi connectivity index (χ0n) is 19.4. The molecule has 0 aromatic heterocycles. The fraction of sp³-hybridized carbons (Fsp3) is 0.259. The molecule has 4 rings (SSSR count). The number of carbonyl (C=O) groups is 2. The van der Waals surface area contributed by atoms with Gasteiger partial charge in [-0.05, 0) is 66.6 Å². The highest BCUT2D eigenvalue weighted by molar-refractivity contribution is 6.32. The number of piperazine rings is 1. The van der Waals surface area contributed by atoms with E-state index in [2.05, 4.69) is 17.1 Å². The van der Waals surface area contributed by atoms with Gasteiger partial charge in [-0.25, -0.2) is 0 Å². The summed E-state index contributed by atoms with van der Waals surface area (Å²) in [7, 11) is 1.53. The van der Waals surface area contributed by atoms with Crippen LogP contribution in [0.5, 0.6) is 5.75 Å². The lowest BCUT2D eigenvalue weighted by atomic mass is 10.1. The third-order valence-electron chi connectivity index (χ3n) is 6.08. The molecule has 1 aliphatic heterocycles. The van der Waals surface area contributed by atoms with E-state index in [1.807, 2.05) is 53.4 Å². The van der Waals surface area contributed by atoms with E-state index in [1.165, 1.54) is 12.7 Å². The molecule has 6 nitrogen and oxygen atoms in total. The van der Waals surface area contributed by atoms with Crippen LogP contribution in [-0.2, 0) is 6.42 Å². The predicted molar refractivity (Wildman–Crippen MR) is 136 cm³/mol. The Hall–Kier alpha value is -3.51. The average Bonchev–Trinajstić information content (AvgIpc) is 2.89. The number of nitrogens with one attached hydrogen (secondary N) is 1. The molecule has 0 saturated carbocycles. The summed E-state index contributed by atoms with van der Waals surface area (Å²) in [6, 6.07) is 20.5. The fourth-order valence-corrected chi connectivity index (χ4v) is 4.26. The van der Waals surface area contributed by atoms with Crippen LogP contribution < -0.4 is 15.0 Å². The van der Waals surface area contributed by atoms with Gasteiger partial charge in [0, 0.05) is 48.7 Å². The van der Waals surface area contributed by atoms with Crippen LogP contribution in [0, 0.1) is 0 Å². The molecule has 0 radical (unpaired) electrons. The number of carbonyl (C=O) groups excluding carboxylic acids is 2. The third-order valence-corrected chi connectivity index (χ3v) is 6.38. The molecule has 7 heteroatoms. The normalized spacial score (nSPS) is 13.5. The number of hydrogen-bond acceptors (Lipinski definition) is 4. The molecule has 3 aromatic rings. The molecule has 0 unspecified atom stereocenters. The first kappa shape index (κ1) is 23.6. The molecule has 1 heterocycles. The maximum atomic E-state index is 12.8. The number of amides is 2. The summed E-state index contributed by atoms with van der Waals surface area (Å²) in [5, 5.41) is 3.28. The van der Waals surface area contributed by atoms with E-state index in [9.17, 15) is 9.59 Å². The molecule has 0 spiro atoms. The quantitative estimate of drug-likeness (QED) is 0.535. The largest absolute Gasteiger partial charge is 0.495 e. The summed E-state index contributed by atoms with van der Waals surface area (Å²) in [6.45, 7) is 4.97. The first-order chi connectivity index (χ1) is 16.5. The monoisotopic (exact) mass is 477 g/mol. The predicted octanol–water partition coefficient (Wildman–Crippen LogP) is 5.13. The number of anilines is 2. The lowest BCUT2D eigenvalue weighted by Gasteiger charge is -2.36. The molecular formula is C27H28ClN3O3. The topological polar surface area (TPSA) is 61.9 Å². The van der Waals surface area contributed by atoms with Crippen LogP contribution in [0.3, 0.4) is 0 Å². The average molecular weight is 478 g/mol. The minimum atomic E-state index is -0.239. The highest BCUT2D eigenvalue weighted by Crippen LogP contribution is 2.26. The Labute approximate surface area is 205 Å². The molecule has 0 aliphatic carbocycles. The van der Waals surface area contributed by atoms with Gasteiger partial charge < -0.3 is 19.9 Å². The maximum Gasteiger partial charge on any atom is 0.255 e. The van der Waals surface area contributed by atoms with Crippen molar-refractivity contribution in [2.75, 3.05) is 43.5 Å². The van der Waals surface area contributed by atoms with Crippen LogP contribution >= 0.6 is 11.6 Å². The molecule has 0 bridgehead atoms. The van der Waals surface area contributed by atoms with Crippen LogP contribution in [0.4, 0.5) is 11.4 Å². The number of halogens is 1. The van der Waals surface area contributed by atoms with Crippen molar-refractivity contribution in [3.8, 4) is 5.75 Å². The van der Waals surface area contributed by atoms with Crippen LogP contribution in [0.1, 0.15) is 33.2 Å². The Bertz CT molecular complexity index is 1150. The van der Waals surface area contributed by atoms with Gasteiger partial charge in [-0.2, -0.15) is 0 Å². The van der Waals surface area contributed by atoms with E-state index in [1.54, 1.807) is 18.2 Å². The molecule has 34 heavy (non-hydrogen) atoms. The van der Waals surface area contributed by atoms with E-state index in [0.717, 1.165) is 30.8 Å². The van der Waals surface area contributed by atoms with Crippen molar-refractivity contribution in [1.29, 1.82) is 0 Å². The number of rotatable bonds is 6. The van der Waals surface area contributed by atoms with Gasteiger partial charge in [0.1, 0.15) is 5.75 Å². The molecule has 0 atom stereocenters. The van der Waals surface area contributed by atoms with Crippen molar-refractivity contribution >= 4 is 34.8 Å². The lowest BCUT2D eigenvalue weighted by Crippen LogP contribution is -2.48. The zero-order valence-corrected chi connectivity index (χ0v) is 20.1. The Morgan fingerprint density at radius 2 is 1.56 bits per heavy atom. The molecule has 1 fully saturated rings. The van der Waals surface area contributed by atoms with Gasteiger partial charge >= 0.3 is 0 Å².